The first kappa shape index (κ1) is 12.7. The van der Waals surface area contributed by atoms with Gasteiger partial charge in [0.1, 0.15) is 0 Å². The second-order valence-corrected chi connectivity index (χ2v) is 3.88. The number of nitrogens with two attached hydrogens (primary N) is 1. The number of nitrogens with zero attached hydrogens (tertiary/aromatic N) is 2. The smallest absolute Gasteiger partial charge is 0.221 e. The number of imidazole rings is 1. The van der Waals surface area contributed by atoms with Crippen LogP contribution in [0.3, 0.4) is 0 Å². The van der Waals surface area contributed by atoms with Crippen LogP contribution in [0.5, 0.6) is 0 Å². The number of aryl methyl sites for hydroxylation is 1. The molecule has 0 aliphatic carbocycles. The van der Waals surface area contributed by atoms with Crippen LogP contribution < -0.4 is 11.1 Å². The van der Waals surface area contributed by atoms with Crippen LogP contribution in [-0.4, -0.2) is 28.0 Å². The van der Waals surface area contributed by atoms with E-state index in [-0.39, 0.29) is 11.9 Å². The Bertz CT molecular complexity index is 297. The molecule has 1 aromatic heterocycles. The molecule has 0 aromatic carbocycles. The number of rotatable bonds is 7. The third kappa shape index (κ3) is 4.93. The predicted octanol–water partition coefficient (Wildman–Crippen LogP) is 0.517. The first-order valence-electron chi connectivity index (χ1n) is 5.70. The molecule has 5 nitrogen and oxygen atoms in total. The molecule has 1 rings (SSSR count). The molecule has 0 spiro atoms. The van der Waals surface area contributed by atoms with E-state index in [4.69, 9.17) is 5.73 Å². The van der Waals surface area contributed by atoms with Gasteiger partial charge < -0.3 is 15.6 Å². The maximum Gasteiger partial charge on any atom is 0.221 e. The SMILES string of the molecule is CCC(N)CC(=O)NCCCn1ccnc1. The summed E-state index contributed by atoms with van der Waals surface area (Å²) >= 11 is 0. The van der Waals surface area contributed by atoms with Gasteiger partial charge in [0.15, 0.2) is 0 Å². The molecule has 0 aliphatic rings. The normalized spacial score (nSPS) is 12.4. The van der Waals surface area contributed by atoms with Crippen LogP contribution in [0.1, 0.15) is 26.2 Å². The summed E-state index contributed by atoms with van der Waals surface area (Å²) in [4.78, 5) is 15.3. The van der Waals surface area contributed by atoms with Gasteiger partial charge in [0.25, 0.3) is 0 Å². The summed E-state index contributed by atoms with van der Waals surface area (Å²) in [6.07, 6.45) is 7.59. The Kier molecular flexibility index (Phi) is 5.56. The van der Waals surface area contributed by atoms with Crippen molar-refractivity contribution >= 4 is 5.91 Å². The van der Waals surface area contributed by atoms with Gasteiger partial charge in [0.2, 0.25) is 5.91 Å². The fourth-order valence-corrected chi connectivity index (χ4v) is 1.36. The molecular formula is C11H20N4O. The van der Waals surface area contributed by atoms with Crippen molar-refractivity contribution in [1.82, 2.24) is 14.9 Å². The lowest BCUT2D eigenvalue weighted by Crippen LogP contribution is -2.32. The van der Waals surface area contributed by atoms with E-state index in [0.717, 1.165) is 19.4 Å². The Morgan fingerprint density at radius 3 is 3.06 bits per heavy atom. The lowest BCUT2D eigenvalue weighted by Gasteiger charge is -2.09. The summed E-state index contributed by atoms with van der Waals surface area (Å²) in [5.74, 6) is 0.0416. The van der Waals surface area contributed by atoms with Gasteiger partial charge in [-0.1, -0.05) is 6.92 Å². The first-order chi connectivity index (χ1) is 7.72. The van der Waals surface area contributed by atoms with Gasteiger partial charge in [-0.15, -0.1) is 0 Å². The largest absolute Gasteiger partial charge is 0.356 e. The van der Waals surface area contributed by atoms with Crippen molar-refractivity contribution in [2.24, 2.45) is 5.73 Å². The Morgan fingerprint density at radius 1 is 1.62 bits per heavy atom. The molecule has 0 radical (unpaired) electrons. The number of carbonyl (C=O) groups is 1. The van der Waals surface area contributed by atoms with Gasteiger partial charge >= 0.3 is 0 Å². The van der Waals surface area contributed by atoms with Crippen molar-refractivity contribution in [3.8, 4) is 0 Å². The van der Waals surface area contributed by atoms with E-state index >= 15 is 0 Å². The lowest BCUT2D eigenvalue weighted by atomic mass is 10.1. The van der Waals surface area contributed by atoms with Crippen LogP contribution in [0.2, 0.25) is 0 Å². The van der Waals surface area contributed by atoms with Gasteiger partial charge in [-0.05, 0) is 12.8 Å². The van der Waals surface area contributed by atoms with Crippen molar-refractivity contribution in [1.29, 1.82) is 0 Å². The number of nitrogens with one attached hydrogen (secondary N) is 1. The average molecular weight is 224 g/mol. The zero-order valence-corrected chi connectivity index (χ0v) is 9.72. The summed E-state index contributed by atoms with van der Waals surface area (Å²) in [6, 6.07) is -0.0198. The van der Waals surface area contributed by atoms with E-state index in [1.807, 2.05) is 17.7 Å². The van der Waals surface area contributed by atoms with Crippen LogP contribution in [-0.2, 0) is 11.3 Å². The molecule has 0 saturated carbocycles. The van der Waals surface area contributed by atoms with Crippen molar-refractivity contribution in [3.05, 3.63) is 18.7 Å². The van der Waals surface area contributed by atoms with E-state index in [9.17, 15) is 4.79 Å². The number of hydrogen-bond donors (Lipinski definition) is 2. The van der Waals surface area contributed by atoms with E-state index in [1.165, 1.54) is 0 Å². The number of amides is 1. The zero-order chi connectivity index (χ0) is 11.8. The van der Waals surface area contributed by atoms with Crippen molar-refractivity contribution in [2.75, 3.05) is 6.54 Å². The quantitative estimate of drug-likeness (QED) is 0.663. The van der Waals surface area contributed by atoms with Crippen molar-refractivity contribution in [2.45, 2.75) is 38.8 Å². The standard InChI is InChI=1S/C11H20N4O/c1-2-10(12)8-11(16)14-4-3-6-15-7-5-13-9-15/h5,7,9-10H,2-4,6,8,12H2,1H3,(H,14,16). The molecular weight excluding hydrogens is 204 g/mol. The molecule has 1 heterocycles. The summed E-state index contributed by atoms with van der Waals surface area (Å²) in [6.45, 7) is 3.55. The minimum Gasteiger partial charge on any atom is -0.356 e. The second-order valence-electron chi connectivity index (χ2n) is 3.88. The molecule has 5 heteroatoms. The molecule has 1 atom stereocenters. The topological polar surface area (TPSA) is 72.9 Å². The first-order valence-corrected chi connectivity index (χ1v) is 5.70. The van der Waals surface area contributed by atoms with Gasteiger partial charge in [-0.2, -0.15) is 0 Å². The molecule has 90 valence electrons. The summed E-state index contributed by atoms with van der Waals surface area (Å²) in [5.41, 5.74) is 5.68. The molecule has 0 fully saturated rings. The Morgan fingerprint density at radius 2 is 2.44 bits per heavy atom. The van der Waals surface area contributed by atoms with Crippen molar-refractivity contribution < 1.29 is 4.79 Å². The third-order valence-corrected chi connectivity index (χ3v) is 2.45. The van der Waals surface area contributed by atoms with E-state index < -0.39 is 0 Å². The Balaban J connectivity index is 2.04. The lowest BCUT2D eigenvalue weighted by molar-refractivity contribution is -0.121. The Hall–Kier alpha value is -1.36. The van der Waals surface area contributed by atoms with Crippen LogP contribution >= 0.6 is 0 Å². The molecule has 16 heavy (non-hydrogen) atoms. The molecule has 1 amide bonds. The fraction of sp³-hybridized carbons (Fsp3) is 0.636. The van der Waals surface area contributed by atoms with Crippen LogP contribution in [0, 0.1) is 0 Å². The van der Waals surface area contributed by atoms with Crippen LogP contribution in [0.4, 0.5) is 0 Å². The zero-order valence-electron chi connectivity index (χ0n) is 9.72. The highest BCUT2D eigenvalue weighted by atomic mass is 16.1. The number of hydrogen-bond acceptors (Lipinski definition) is 3. The molecule has 0 saturated heterocycles. The third-order valence-electron chi connectivity index (χ3n) is 2.45. The van der Waals surface area contributed by atoms with Gasteiger partial charge in [0, 0.05) is 37.9 Å². The summed E-state index contributed by atoms with van der Waals surface area (Å²) < 4.78 is 1.99. The highest BCUT2D eigenvalue weighted by Gasteiger charge is 2.06. The maximum atomic E-state index is 11.4. The van der Waals surface area contributed by atoms with Crippen LogP contribution in [0.15, 0.2) is 18.7 Å². The van der Waals surface area contributed by atoms with E-state index in [2.05, 4.69) is 10.3 Å². The minimum absolute atomic E-state index is 0.0198. The minimum atomic E-state index is -0.0198. The van der Waals surface area contributed by atoms with Gasteiger partial charge in [0.05, 0.1) is 6.33 Å². The second kappa shape index (κ2) is 7.00. The number of aromatic nitrogens is 2. The summed E-state index contributed by atoms with van der Waals surface area (Å²) in [7, 11) is 0. The fourth-order valence-electron chi connectivity index (χ4n) is 1.36. The molecule has 1 aromatic rings. The molecule has 1 unspecified atom stereocenters. The van der Waals surface area contributed by atoms with Gasteiger partial charge in [-0.25, -0.2) is 4.98 Å². The van der Waals surface area contributed by atoms with E-state index in [0.29, 0.717) is 13.0 Å². The summed E-state index contributed by atoms with van der Waals surface area (Å²) in [5, 5.41) is 2.86. The average Bonchev–Trinajstić information content (AvgIpc) is 2.77. The highest BCUT2D eigenvalue weighted by Crippen LogP contribution is 1.93. The molecule has 0 bridgehead atoms. The predicted molar refractivity (Wildman–Crippen MR) is 62.7 cm³/mol. The highest BCUT2D eigenvalue weighted by molar-refractivity contribution is 5.76. The van der Waals surface area contributed by atoms with Crippen LogP contribution in [0.25, 0.3) is 0 Å². The maximum absolute atomic E-state index is 11.4. The van der Waals surface area contributed by atoms with E-state index in [1.54, 1.807) is 12.5 Å². The Labute approximate surface area is 96.0 Å². The van der Waals surface area contributed by atoms with Crippen molar-refractivity contribution in [3.63, 3.8) is 0 Å². The van der Waals surface area contributed by atoms with Gasteiger partial charge in [-0.3, -0.25) is 4.79 Å². The monoisotopic (exact) mass is 224 g/mol. The molecule has 3 N–H and O–H groups in total. The molecule has 0 aliphatic heterocycles. The number of carbonyl (C=O) groups excluding carboxylic acids is 1.